The first kappa shape index (κ1) is 19.2. The van der Waals surface area contributed by atoms with Crippen LogP contribution in [0.3, 0.4) is 0 Å². The molecule has 1 fully saturated rings. The number of carbonyl (C=O) groups is 2. The van der Waals surface area contributed by atoms with E-state index < -0.39 is 16.9 Å². The minimum atomic E-state index is -0.666. The van der Waals surface area contributed by atoms with Gasteiger partial charge in [0.2, 0.25) is 5.91 Å². The predicted molar refractivity (Wildman–Crippen MR) is 94.6 cm³/mol. The number of nitro benzene ring substituents is 1. The summed E-state index contributed by atoms with van der Waals surface area (Å²) in [4.78, 5) is 37.3. The Kier molecular flexibility index (Phi) is 6.36. The van der Waals surface area contributed by atoms with Gasteiger partial charge >= 0.3 is 0 Å². The van der Waals surface area contributed by atoms with Gasteiger partial charge in [-0.05, 0) is 37.3 Å². The molecular formula is C17H22ClN3O4. The van der Waals surface area contributed by atoms with Crippen molar-refractivity contribution in [3.8, 4) is 0 Å². The number of piperidine rings is 1. The normalized spacial score (nSPS) is 15.8. The van der Waals surface area contributed by atoms with Crippen LogP contribution in [0.4, 0.5) is 5.69 Å². The highest BCUT2D eigenvalue weighted by molar-refractivity contribution is 6.32. The maximum atomic E-state index is 12.7. The SMILES string of the molecule is CC(C)[C@@H](NC(=O)c1ccc(Cl)c([N+](=O)[O-])c1)C(=O)N1CCCCC1. The molecule has 7 nitrogen and oxygen atoms in total. The van der Waals surface area contributed by atoms with Gasteiger partial charge in [0.15, 0.2) is 0 Å². The zero-order valence-corrected chi connectivity index (χ0v) is 15.1. The van der Waals surface area contributed by atoms with Crippen molar-refractivity contribution in [3.63, 3.8) is 0 Å². The highest BCUT2D eigenvalue weighted by atomic mass is 35.5. The van der Waals surface area contributed by atoms with E-state index in [1.807, 2.05) is 13.8 Å². The molecule has 1 aromatic carbocycles. The van der Waals surface area contributed by atoms with Gasteiger partial charge in [-0.15, -0.1) is 0 Å². The van der Waals surface area contributed by atoms with Crippen molar-refractivity contribution in [2.24, 2.45) is 5.92 Å². The Bertz CT molecular complexity index is 672. The molecule has 2 rings (SSSR count). The fourth-order valence-electron chi connectivity index (χ4n) is 2.84. The number of benzene rings is 1. The summed E-state index contributed by atoms with van der Waals surface area (Å²) < 4.78 is 0. The molecule has 1 aliphatic rings. The lowest BCUT2D eigenvalue weighted by Gasteiger charge is -2.32. The van der Waals surface area contributed by atoms with Crippen molar-refractivity contribution in [2.45, 2.75) is 39.2 Å². The average Bonchev–Trinajstić information content (AvgIpc) is 2.59. The first-order valence-electron chi connectivity index (χ1n) is 8.35. The number of hydrogen-bond donors (Lipinski definition) is 1. The molecule has 8 heteroatoms. The molecule has 0 aromatic heterocycles. The molecule has 0 radical (unpaired) electrons. The minimum Gasteiger partial charge on any atom is -0.341 e. The van der Waals surface area contributed by atoms with Gasteiger partial charge in [-0.2, -0.15) is 0 Å². The number of nitro groups is 1. The smallest absolute Gasteiger partial charge is 0.288 e. The van der Waals surface area contributed by atoms with Gasteiger partial charge in [-0.3, -0.25) is 19.7 Å². The number of halogens is 1. The van der Waals surface area contributed by atoms with Crippen LogP contribution < -0.4 is 5.32 Å². The van der Waals surface area contributed by atoms with Crippen LogP contribution in [-0.4, -0.2) is 40.8 Å². The average molecular weight is 368 g/mol. The number of likely N-dealkylation sites (tertiary alicyclic amines) is 1. The van der Waals surface area contributed by atoms with Crippen molar-refractivity contribution >= 4 is 29.1 Å². The fourth-order valence-corrected chi connectivity index (χ4v) is 3.03. The van der Waals surface area contributed by atoms with Crippen molar-refractivity contribution in [2.75, 3.05) is 13.1 Å². The Hall–Kier alpha value is -2.15. The molecule has 0 aliphatic carbocycles. The summed E-state index contributed by atoms with van der Waals surface area (Å²) in [6, 6.07) is 3.18. The van der Waals surface area contributed by atoms with E-state index in [9.17, 15) is 19.7 Å². The van der Waals surface area contributed by atoms with Crippen molar-refractivity contribution in [3.05, 3.63) is 38.9 Å². The summed E-state index contributed by atoms with van der Waals surface area (Å²) in [7, 11) is 0. The molecule has 0 bridgehead atoms. The Morgan fingerprint density at radius 2 is 1.88 bits per heavy atom. The maximum Gasteiger partial charge on any atom is 0.288 e. The topological polar surface area (TPSA) is 92.5 Å². The lowest BCUT2D eigenvalue weighted by molar-refractivity contribution is -0.384. The third kappa shape index (κ3) is 4.69. The number of nitrogens with zero attached hydrogens (tertiary/aromatic N) is 2. The first-order valence-corrected chi connectivity index (χ1v) is 8.72. The number of amides is 2. The Labute approximate surface area is 151 Å². The van der Waals surface area contributed by atoms with Crippen molar-refractivity contribution in [1.82, 2.24) is 10.2 Å². The molecule has 1 atom stereocenters. The number of carbonyl (C=O) groups excluding carboxylic acids is 2. The van der Waals surface area contributed by atoms with Gasteiger partial charge in [-0.25, -0.2) is 0 Å². The third-order valence-corrected chi connectivity index (χ3v) is 4.61. The molecule has 136 valence electrons. The largest absolute Gasteiger partial charge is 0.341 e. The highest BCUT2D eigenvalue weighted by Crippen LogP contribution is 2.25. The van der Waals surface area contributed by atoms with Crippen LogP contribution in [0.2, 0.25) is 5.02 Å². The number of rotatable bonds is 5. The van der Waals surface area contributed by atoms with Crippen LogP contribution >= 0.6 is 11.6 Å². The lowest BCUT2D eigenvalue weighted by Crippen LogP contribution is -2.52. The van der Waals surface area contributed by atoms with Crippen LogP contribution in [0.15, 0.2) is 18.2 Å². The monoisotopic (exact) mass is 367 g/mol. The summed E-state index contributed by atoms with van der Waals surface area (Å²) in [5.41, 5.74) is -0.231. The van der Waals surface area contributed by atoms with E-state index in [1.165, 1.54) is 12.1 Å². The van der Waals surface area contributed by atoms with Crippen molar-refractivity contribution in [1.29, 1.82) is 0 Å². The second-order valence-corrected chi connectivity index (χ2v) is 6.91. The van der Waals surface area contributed by atoms with Gasteiger partial charge in [0.25, 0.3) is 11.6 Å². The summed E-state index contributed by atoms with van der Waals surface area (Å²) in [5.74, 6) is -0.726. The lowest BCUT2D eigenvalue weighted by atomic mass is 10.0. The van der Waals surface area contributed by atoms with Crippen LogP contribution in [0.1, 0.15) is 43.5 Å². The van der Waals surface area contributed by atoms with E-state index >= 15 is 0 Å². The van der Waals surface area contributed by atoms with Gasteiger partial charge in [0.1, 0.15) is 11.1 Å². The number of nitrogens with one attached hydrogen (secondary N) is 1. The molecule has 2 amide bonds. The minimum absolute atomic E-state index is 0.0358. The molecule has 25 heavy (non-hydrogen) atoms. The molecule has 0 spiro atoms. The second-order valence-electron chi connectivity index (χ2n) is 6.50. The van der Waals surface area contributed by atoms with Gasteiger partial charge < -0.3 is 10.2 Å². The van der Waals surface area contributed by atoms with Gasteiger partial charge in [-0.1, -0.05) is 25.4 Å². The van der Waals surface area contributed by atoms with Crippen molar-refractivity contribution < 1.29 is 14.5 Å². The molecular weight excluding hydrogens is 346 g/mol. The Balaban J connectivity index is 2.16. The highest BCUT2D eigenvalue weighted by Gasteiger charge is 2.30. The fraction of sp³-hybridized carbons (Fsp3) is 0.529. The quantitative estimate of drug-likeness (QED) is 0.639. The summed E-state index contributed by atoms with van der Waals surface area (Å²) >= 11 is 5.77. The van der Waals surface area contributed by atoms with E-state index in [0.29, 0.717) is 13.1 Å². The zero-order valence-electron chi connectivity index (χ0n) is 14.3. The molecule has 0 saturated carbocycles. The summed E-state index contributed by atoms with van der Waals surface area (Å²) in [6.07, 6.45) is 3.04. The second kappa shape index (κ2) is 8.29. The standard InChI is InChI=1S/C17H22ClN3O4/c1-11(2)15(17(23)20-8-4-3-5-9-20)19-16(22)12-6-7-13(18)14(10-12)21(24)25/h6-7,10-11,15H,3-5,8-9H2,1-2H3,(H,19,22)/t15-/m1/s1. The molecule has 1 heterocycles. The van der Waals surface area contributed by atoms with Crippen LogP contribution in [-0.2, 0) is 4.79 Å². The summed E-state index contributed by atoms with van der Waals surface area (Å²) in [6.45, 7) is 5.11. The van der Waals surface area contributed by atoms with Crippen LogP contribution in [0, 0.1) is 16.0 Å². The van der Waals surface area contributed by atoms with E-state index in [-0.39, 0.29) is 28.1 Å². The molecule has 1 saturated heterocycles. The molecule has 1 aromatic rings. The maximum absolute atomic E-state index is 12.7. The van der Waals surface area contributed by atoms with E-state index in [2.05, 4.69) is 5.32 Å². The van der Waals surface area contributed by atoms with E-state index in [1.54, 1.807) is 4.90 Å². The summed E-state index contributed by atoms with van der Waals surface area (Å²) in [5, 5.41) is 13.7. The van der Waals surface area contributed by atoms with E-state index in [0.717, 1.165) is 25.3 Å². The Morgan fingerprint density at radius 1 is 1.24 bits per heavy atom. The zero-order chi connectivity index (χ0) is 18.6. The number of hydrogen-bond acceptors (Lipinski definition) is 4. The van der Waals surface area contributed by atoms with Gasteiger partial charge in [0.05, 0.1) is 4.92 Å². The Morgan fingerprint density at radius 3 is 2.44 bits per heavy atom. The first-order chi connectivity index (χ1) is 11.8. The molecule has 1 N–H and O–H groups in total. The van der Waals surface area contributed by atoms with Gasteiger partial charge in [0, 0.05) is 24.7 Å². The van der Waals surface area contributed by atoms with E-state index in [4.69, 9.17) is 11.6 Å². The molecule has 1 aliphatic heterocycles. The third-order valence-electron chi connectivity index (χ3n) is 4.29. The predicted octanol–water partition coefficient (Wildman–Crippen LogP) is 3.02. The molecule has 0 unspecified atom stereocenters. The van der Waals surface area contributed by atoms with Crippen LogP contribution in [0.25, 0.3) is 0 Å². The van der Waals surface area contributed by atoms with Crippen LogP contribution in [0.5, 0.6) is 0 Å².